The Morgan fingerprint density at radius 2 is 1.77 bits per heavy atom. The predicted octanol–water partition coefficient (Wildman–Crippen LogP) is 3.77. The number of piperazine rings is 1. The number of para-hydroxylation sites is 1. The van der Waals surface area contributed by atoms with Crippen molar-refractivity contribution >= 4 is 33.0 Å². The van der Waals surface area contributed by atoms with E-state index in [0.717, 1.165) is 25.7 Å². The lowest BCUT2D eigenvalue weighted by Crippen LogP contribution is -2.49. The van der Waals surface area contributed by atoms with Crippen molar-refractivity contribution in [3.63, 3.8) is 0 Å². The Kier molecular flexibility index (Phi) is 7.87. The summed E-state index contributed by atoms with van der Waals surface area (Å²) in [5.74, 6) is -0.273. The summed E-state index contributed by atoms with van der Waals surface area (Å²) in [6.07, 6.45) is 5.28. The monoisotopic (exact) mass is 573 g/mol. The van der Waals surface area contributed by atoms with Crippen molar-refractivity contribution in [3.05, 3.63) is 85.8 Å². The van der Waals surface area contributed by atoms with Crippen molar-refractivity contribution in [2.75, 3.05) is 31.1 Å². The molecule has 13 heteroatoms. The minimum atomic E-state index is -3.80. The van der Waals surface area contributed by atoms with Crippen molar-refractivity contribution in [3.8, 4) is 11.4 Å². The normalized spacial score (nSPS) is 16.9. The van der Waals surface area contributed by atoms with Crippen LogP contribution in [0.3, 0.4) is 0 Å². The highest BCUT2D eigenvalue weighted by Crippen LogP contribution is 2.31. The summed E-state index contributed by atoms with van der Waals surface area (Å²) in [7, 11) is -3.80. The van der Waals surface area contributed by atoms with Gasteiger partial charge >= 0.3 is 5.56 Å². The molecule has 2 heterocycles. The topological polar surface area (TPSA) is 128 Å². The van der Waals surface area contributed by atoms with Crippen LogP contribution >= 0.6 is 11.6 Å². The van der Waals surface area contributed by atoms with Crippen LogP contribution in [-0.4, -0.2) is 59.7 Å². The molecule has 1 saturated heterocycles. The molecule has 2 aromatic carbocycles. The maximum absolute atomic E-state index is 13.6. The molecule has 0 spiro atoms. The first kappa shape index (κ1) is 27.1. The lowest BCUT2D eigenvalue weighted by molar-refractivity contribution is -0.385. The summed E-state index contributed by atoms with van der Waals surface area (Å²) in [5, 5.41) is 16.2. The SMILES string of the molecule is O=c1c(OC2CCCC2)c(N2CCN(S(=O)(=O)Cc3ccccc3[N+](=O)[O-])CC2)cnn1-c1cccc(Cl)c1. The summed E-state index contributed by atoms with van der Waals surface area (Å²) in [4.78, 5) is 26.3. The number of anilines is 1. The third kappa shape index (κ3) is 5.92. The molecular formula is C26H28ClN5O6S. The molecule has 39 heavy (non-hydrogen) atoms. The highest BCUT2D eigenvalue weighted by atomic mass is 35.5. The van der Waals surface area contributed by atoms with Crippen molar-refractivity contribution in [1.82, 2.24) is 14.1 Å². The quantitative estimate of drug-likeness (QED) is 0.294. The second-order valence-electron chi connectivity index (χ2n) is 9.61. The molecule has 1 aromatic heterocycles. The lowest BCUT2D eigenvalue weighted by atomic mass is 10.2. The van der Waals surface area contributed by atoms with Gasteiger partial charge in [-0.25, -0.2) is 8.42 Å². The maximum Gasteiger partial charge on any atom is 0.316 e. The molecule has 1 saturated carbocycles. The fraction of sp³-hybridized carbons (Fsp3) is 0.385. The number of hydrogen-bond acceptors (Lipinski definition) is 8. The molecule has 1 aliphatic heterocycles. The van der Waals surface area contributed by atoms with E-state index in [1.165, 1.54) is 27.2 Å². The zero-order valence-electron chi connectivity index (χ0n) is 21.1. The number of hydrogen-bond donors (Lipinski definition) is 0. The number of nitrogens with zero attached hydrogens (tertiary/aromatic N) is 5. The Hall–Kier alpha value is -3.48. The van der Waals surface area contributed by atoms with Crippen LogP contribution in [0.5, 0.6) is 5.75 Å². The van der Waals surface area contributed by atoms with Crippen LogP contribution < -0.4 is 15.2 Å². The number of nitro benzene ring substituents is 1. The molecule has 2 aliphatic rings. The van der Waals surface area contributed by atoms with Crippen molar-refractivity contribution in [2.24, 2.45) is 0 Å². The van der Waals surface area contributed by atoms with E-state index in [4.69, 9.17) is 16.3 Å². The summed E-state index contributed by atoms with van der Waals surface area (Å²) in [5.41, 5.74) is 0.543. The molecule has 206 valence electrons. The van der Waals surface area contributed by atoms with E-state index in [9.17, 15) is 23.3 Å². The van der Waals surface area contributed by atoms with Crippen LogP contribution in [0.4, 0.5) is 11.4 Å². The summed E-state index contributed by atoms with van der Waals surface area (Å²) in [6.45, 7) is 0.922. The number of aromatic nitrogens is 2. The number of sulfonamides is 1. The van der Waals surface area contributed by atoms with Gasteiger partial charge in [0.05, 0.1) is 28.7 Å². The Morgan fingerprint density at radius 3 is 2.46 bits per heavy atom. The average Bonchev–Trinajstić information content (AvgIpc) is 3.43. The van der Waals surface area contributed by atoms with Crippen LogP contribution in [0, 0.1) is 10.1 Å². The van der Waals surface area contributed by atoms with Gasteiger partial charge in [-0.05, 0) is 43.9 Å². The van der Waals surface area contributed by atoms with E-state index in [2.05, 4.69) is 5.10 Å². The van der Waals surface area contributed by atoms with E-state index in [1.807, 2.05) is 4.90 Å². The smallest absolute Gasteiger partial charge is 0.316 e. The maximum atomic E-state index is 13.6. The standard InChI is InChI=1S/C26H28ClN5O6S/c27-20-7-5-8-21(16-20)31-26(33)25(38-22-9-2-3-10-22)24(17-28-31)29-12-14-30(15-13-29)39(36,37)18-19-6-1-4-11-23(19)32(34)35/h1,4-8,11,16-17,22H,2-3,9-10,12-15,18H2. The zero-order valence-corrected chi connectivity index (χ0v) is 22.7. The van der Waals surface area contributed by atoms with Gasteiger partial charge in [0.15, 0.2) is 0 Å². The molecule has 11 nitrogen and oxygen atoms in total. The Labute approximate surface area is 230 Å². The summed E-state index contributed by atoms with van der Waals surface area (Å²) >= 11 is 6.13. The van der Waals surface area contributed by atoms with E-state index in [0.29, 0.717) is 29.5 Å². The minimum absolute atomic E-state index is 0.0741. The molecular weight excluding hydrogens is 546 g/mol. The van der Waals surface area contributed by atoms with Gasteiger partial charge < -0.3 is 9.64 Å². The van der Waals surface area contributed by atoms with Gasteiger partial charge in [-0.15, -0.1) is 0 Å². The van der Waals surface area contributed by atoms with Crippen molar-refractivity contribution in [1.29, 1.82) is 0 Å². The van der Waals surface area contributed by atoms with Crippen molar-refractivity contribution < 1.29 is 18.1 Å². The molecule has 0 N–H and O–H groups in total. The van der Waals surface area contributed by atoms with Gasteiger partial charge in [0.2, 0.25) is 15.8 Å². The Balaban J connectivity index is 1.38. The van der Waals surface area contributed by atoms with Crippen LogP contribution in [0.25, 0.3) is 5.69 Å². The number of ether oxygens (including phenoxy) is 1. The molecule has 5 rings (SSSR count). The van der Waals surface area contributed by atoms with Crippen LogP contribution in [0.1, 0.15) is 31.2 Å². The van der Waals surface area contributed by atoms with E-state index in [1.54, 1.807) is 36.5 Å². The lowest BCUT2D eigenvalue weighted by Gasteiger charge is -2.36. The predicted molar refractivity (Wildman–Crippen MR) is 147 cm³/mol. The molecule has 0 amide bonds. The molecule has 0 bridgehead atoms. The first-order valence-electron chi connectivity index (χ1n) is 12.7. The van der Waals surface area contributed by atoms with Crippen molar-refractivity contribution in [2.45, 2.75) is 37.5 Å². The summed E-state index contributed by atoms with van der Waals surface area (Å²) < 4.78 is 35.1. The second-order valence-corrected chi connectivity index (χ2v) is 12.0. The van der Waals surface area contributed by atoms with Gasteiger partial charge in [-0.2, -0.15) is 14.1 Å². The number of halogens is 1. The molecule has 0 unspecified atom stereocenters. The van der Waals surface area contributed by atoms with Gasteiger partial charge in [-0.3, -0.25) is 14.9 Å². The zero-order chi connectivity index (χ0) is 27.6. The molecule has 3 aromatic rings. The Morgan fingerprint density at radius 1 is 1.05 bits per heavy atom. The molecule has 1 aliphatic carbocycles. The Bertz CT molecular complexity index is 1530. The van der Waals surface area contributed by atoms with Gasteiger partial charge in [-0.1, -0.05) is 35.9 Å². The van der Waals surface area contributed by atoms with E-state index < -0.39 is 26.3 Å². The fourth-order valence-electron chi connectivity index (χ4n) is 5.04. The van der Waals surface area contributed by atoms with E-state index >= 15 is 0 Å². The fourth-order valence-corrected chi connectivity index (χ4v) is 6.76. The average molecular weight is 574 g/mol. The van der Waals surface area contributed by atoms with Gasteiger partial charge in [0.1, 0.15) is 5.69 Å². The molecule has 2 fully saturated rings. The molecule has 0 radical (unpaired) electrons. The van der Waals surface area contributed by atoms with Gasteiger partial charge in [0, 0.05) is 42.8 Å². The molecule has 0 atom stereocenters. The van der Waals surface area contributed by atoms with Crippen LogP contribution in [-0.2, 0) is 15.8 Å². The minimum Gasteiger partial charge on any atom is -0.483 e. The van der Waals surface area contributed by atoms with Crippen LogP contribution in [0.2, 0.25) is 5.02 Å². The summed E-state index contributed by atoms with van der Waals surface area (Å²) in [6, 6.07) is 12.7. The highest BCUT2D eigenvalue weighted by molar-refractivity contribution is 7.88. The number of benzene rings is 2. The highest BCUT2D eigenvalue weighted by Gasteiger charge is 2.32. The van der Waals surface area contributed by atoms with E-state index in [-0.39, 0.29) is 36.2 Å². The third-order valence-electron chi connectivity index (χ3n) is 7.05. The third-order valence-corrected chi connectivity index (χ3v) is 9.12. The van der Waals surface area contributed by atoms with Crippen LogP contribution in [0.15, 0.2) is 59.5 Å². The first-order valence-corrected chi connectivity index (χ1v) is 14.7. The van der Waals surface area contributed by atoms with Gasteiger partial charge in [0.25, 0.3) is 5.69 Å². The second kappa shape index (κ2) is 11.3. The number of rotatable bonds is 8. The largest absolute Gasteiger partial charge is 0.483 e. The first-order chi connectivity index (χ1) is 18.7. The number of nitro groups is 1.